The number of nitrogens with one attached hydrogen (secondary N) is 2. The van der Waals surface area contributed by atoms with Crippen LogP contribution in [-0.4, -0.2) is 24.3 Å². The Hall–Kier alpha value is -1.62. The van der Waals surface area contributed by atoms with Crippen LogP contribution in [0.5, 0.6) is 0 Å². The number of benzene rings is 1. The zero-order chi connectivity index (χ0) is 11.3. The van der Waals surface area contributed by atoms with Gasteiger partial charge in [-0.25, -0.2) is 9.18 Å². The molecule has 1 aromatic rings. The summed E-state index contributed by atoms with van der Waals surface area (Å²) in [6, 6.07) is 3.99. The number of aliphatic hydroxyl groups excluding tert-OH is 1. The topological polar surface area (TPSA) is 61.4 Å². The number of anilines is 1. The van der Waals surface area contributed by atoms with E-state index in [1.165, 1.54) is 12.1 Å². The van der Waals surface area contributed by atoms with Crippen LogP contribution in [0.4, 0.5) is 14.9 Å². The summed E-state index contributed by atoms with van der Waals surface area (Å²) in [7, 11) is 0. The summed E-state index contributed by atoms with van der Waals surface area (Å²) < 4.78 is 13.2. The zero-order valence-electron chi connectivity index (χ0n) is 8.38. The predicted molar refractivity (Wildman–Crippen MR) is 55.2 cm³/mol. The molecule has 0 aliphatic rings. The molecule has 4 nitrogen and oxygen atoms in total. The van der Waals surface area contributed by atoms with E-state index in [9.17, 15) is 9.18 Å². The van der Waals surface area contributed by atoms with Crippen LogP contribution >= 0.6 is 0 Å². The van der Waals surface area contributed by atoms with Crippen molar-refractivity contribution in [1.82, 2.24) is 5.32 Å². The SMILES string of the molecule is Cc1ccc(NC(=O)NCCO)c(F)c1. The lowest BCUT2D eigenvalue weighted by atomic mass is 10.2. The van der Waals surface area contributed by atoms with Crippen molar-refractivity contribution in [3.8, 4) is 0 Å². The van der Waals surface area contributed by atoms with E-state index in [1.807, 2.05) is 0 Å². The summed E-state index contributed by atoms with van der Waals surface area (Å²) in [6.45, 7) is 1.75. The Bertz CT molecular complexity index is 355. The fourth-order valence-electron chi connectivity index (χ4n) is 1.06. The lowest BCUT2D eigenvalue weighted by Crippen LogP contribution is -2.31. The third-order valence-electron chi connectivity index (χ3n) is 1.77. The van der Waals surface area contributed by atoms with Crippen molar-refractivity contribution in [3.63, 3.8) is 0 Å². The van der Waals surface area contributed by atoms with E-state index in [1.54, 1.807) is 13.0 Å². The number of rotatable bonds is 3. The standard InChI is InChI=1S/C10H13FN2O2/c1-7-2-3-9(8(11)6-7)13-10(15)12-4-5-14/h2-3,6,14H,4-5H2,1H3,(H2,12,13,15). The summed E-state index contributed by atoms with van der Waals surface area (Å²) in [5.41, 5.74) is 0.907. The number of aliphatic hydroxyl groups is 1. The average molecular weight is 212 g/mol. The van der Waals surface area contributed by atoms with Crippen LogP contribution in [0.2, 0.25) is 0 Å². The van der Waals surface area contributed by atoms with Crippen LogP contribution in [0.3, 0.4) is 0 Å². The number of aryl methyl sites for hydroxylation is 1. The first kappa shape index (κ1) is 11.5. The summed E-state index contributed by atoms with van der Waals surface area (Å²) in [5, 5.41) is 13.1. The normalized spacial score (nSPS) is 9.80. The molecule has 2 amide bonds. The van der Waals surface area contributed by atoms with E-state index >= 15 is 0 Å². The van der Waals surface area contributed by atoms with Crippen LogP contribution in [0.15, 0.2) is 18.2 Å². The second kappa shape index (κ2) is 5.31. The number of carbonyl (C=O) groups excluding carboxylic acids is 1. The third kappa shape index (κ3) is 3.55. The number of carbonyl (C=O) groups is 1. The molecule has 82 valence electrons. The number of hydrogen-bond donors (Lipinski definition) is 3. The van der Waals surface area contributed by atoms with Gasteiger partial charge in [-0.2, -0.15) is 0 Å². The minimum atomic E-state index is -0.535. The minimum Gasteiger partial charge on any atom is -0.395 e. The molecule has 15 heavy (non-hydrogen) atoms. The maximum atomic E-state index is 13.2. The zero-order valence-corrected chi connectivity index (χ0v) is 8.38. The van der Waals surface area contributed by atoms with Gasteiger partial charge in [-0.3, -0.25) is 0 Å². The second-order valence-electron chi connectivity index (χ2n) is 3.09. The molecule has 5 heteroatoms. The third-order valence-corrected chi connectivity index (χ3v) is 1.77. The molecule has 0 atom stereocenters. The van der Waals surface area contributed by atoms with Crippen LogP contribution in [0.1, 0.15) is 5.56 Å². The number of halogens is 1. The highest BCUT2D eigenvalue weighted by atomic mass is 19.1. The Kier molecular flexibility index (Phi) is 4.05. The molecule has 0 saturated carbocycles. The van der Waals surface area contributed by atoms with E-state index in [4.69, 9.17) is 5.11 Å². The molecule has 0 aromatic heterocycles. The van der Waals surface area contributed by atoms with Gasteiger partial charge >= 0.3 is 6.03 Å². The summed E-state index contributed by atoms with van der Waals surface area (Å²) >= 11 is 0. The van der Waals surface area contributed by atoms with Gasteiger partial charge in [-0.15, -0.1) is 0 Å². The Labute approximate surface area is 87.1 Å². The Morgan fingerprint density at radius 1 is 1.53 bits per heavy atom. The number of urea groups is 1. The molecule has 0 bridgehead atoms. The fourth-order valence-corrected chi connectivity index (χ4v) is 1.06. The van der Waals surface area contributed by atoms with E-state index in [0.29, 0.717) is 0 Å². The maximum Gasteiger partial charge on any atom is 0.319 e. The number of amides is 2. The Balaban J connectivity index is 2.60. The van der Waals surface area contributed by atoms with Gasteiger partial charge in [0.25, 0.3) is 0 Å². The smallest absolute Gasteiger partial charge is 0.319 e. The highest BCUT2D eigenvalue weighted by Gasteiger charge is 2.05. The molecule has 3 N–H and O–H groups in total. The average Bonchev–Trinajstić information content (AvgIpc) is 2.19. The molecule has 0 fully saturated rings. The molecule has 0 aliphatic carbocycles. The van der Waals surface area contributed by atoms with Gasteiger partial charge < -0.3 is 15.7 Å². The van der Waals surface area contributed by atoms with Crippen molar-refractivity contribution >= 4 is 11.7 Å². The highest BCUT2D eigenvalue weighted by molar-refractivity contribution is 5.89. The Morgan fingerprint density at radius 2 is 2.27 bits per heavy atom. The molecule has 0 aliphatic heterocycles. The molecule has 0 heterocycles. The predicted octanol–water partition coefficient (Wildman–Crippen LogP) is 1.25. The lowest BCUT2D eigenvalue weighted by Gasteiger charge is -2.07. The van der Waals surface area contributed by atoms with Crippen molar-refractivity contribution in [2.75, 3.05) is 18.5 Å². The van der Waals surface area contributed by atoms with Crippen LogP contribution < -0.4 is 10.6 Å². The van der Waals surface area contributed by atoms with Crippen molar-refractivity contribution in [2.24, 2.45) is 0 Å². The van der Waals surface area contributed by atoms with Crippen LogP contribution in [-0.2, 0) is 0 Å². The van der Waals surface area contributed by atoms with Gasteiger partial charge in [0.05, 0.1) is 12.3 Å². The summed E-state index contributed by atoms with van der Waals surface area (Å²) in [4.78, 5) is 11.1. The van der Waals surface area contributed by atoms with Crippen LogP contribution in [0, 0.1) is 12.7 Å². The Morgan fingerprint density at radius 3 is 2.87 bits per heavy atom. The second-order valence-corrected chi connectivity index (χ2v) is 3.09. The van der Waals surface area contributed by atoms with Crippen LogP contribution in [0.25, 0.3) is 0 Å². The molecule has 0 unspecified atom stereocenters. The van der Waals surface area contributed by atoms with E-state index in [-0.39, 0.29) is 18.8 Å². The van der Waals surface area contributed by atoms with E-state index in [2.05, 4.69) is 10.6 Å². The minimum absolute atomic E-state index is 0.121. The molecule has 0 saturated heterocycles. The van der Waals surface area contributed by atoms with E-state index in [0.717, 1.165) is 5.56 Å². The summed E-state index contributed by atoms with van der Waals surface area (Å²) in [6.07, 6.45) is 0. The largest absolute Gasteiger partial charge is 0.395 e. The van der Waals surface area contributed by atoms with Gasteiger partial charge in [-0.05, 0) is 24.6 Å². The van der Waals surface area contributed by atoms with Crippen molar-refractivity contribution < 1.29 is 14.3 Å². The molecular formula is C10H13FN2O2. The van der Waals surface area contributed by atoms with E-state index < -0.39 is 11.8 Å². The highest BCUT2D eigenvalue weighted by Crippen LogP contribution is 2.14. The molecule has 1 aromatic carbocycles. The monoisotopic (exact) mass is 212 g/mol. The molecular weight excluding hydrogens is 199 g/mol. The van der Waals surface area contributed by atoms with Gasteiger partial charge in [-0.1, -0.05) is 6.07 Å². The fraction of sp³-hybridized carbons (Fsp3) is 0.300. The molecule has 0 spiro atoms. The quantitative estimate of drug-likeness (QED) is 0.706. The van der Waals surface area contributed by atoms with Crippen molar-refractivity contribution in [1.29, 1.82) is 0 Å². The first-order valence-corrected chi connectivity index (χ1v) is 4.55. The van der Waals surface area contributed by atoms with Crippen molar-refractivity contribution in [2.45, 2.75) is 6.92 Å². The lowest BCUT2D eigenvalue weighted by molar-refractivity contribution is 0.244. The van der Waals surface area contributed by atoms with Gasteiger partial charge in [0.1, 0.15) is 5.82 Å². The molecule has 1 rings (SSSR count). The maximum absolute atomic E-state index is 13.2. The van der Waals surface area contributed by atoms with Gasteiger partial charge in [0.2, 0.25) is 0 Å². The summed E-state index contributed by atoms with van der Waals surface area (Å²) in [5.74, 6) is -0.478. The first-order chi connectivity index (χ1) is 7.13. The first-order valence-electron chi connectivity index (χ1n) is 4.55. The number of hydrogen-bond acceptors (Lipinski definition) is 2. The van der Waals surface area contributed by atoms with Crippen molar-refractivity contribution in [3.05, 3.63) is 29.6 Å². The molecule has 0 radical (unpaired) electrons. The van der Waals surface area contributed by atoms with Gasteiger partial charge in [0, 0.05) is 6.54 Å². The van der Waals surface area contributed by atoms with Gasteiger partial charge in [0.15, 0.2) is 0 Å².